The van der Waals surface area contributed by atoms with Gasteiger partial charge in [0.2, 0.25) is 0 Å². The van der Waals surface area contributed by atoms with Gasteiger partial charge < -0.3 is 9.64 Å². The van der Waals surface area contributed by atoms with E-state index in [0.29, 0.717) is 35.7 Å². The zero-order chi connectivity index (χ0) is 20.6. The van der Waals surface area contributed by atoms with Crippen LogP contribution in [0.3, 0.4) is 0 Å². The molecule has 2 aliphatic carbocycles. The van der Waals surface area contributed by atoms with Crippen molar-refractivity contribution in [3.8, 4) is 0 Å². The number of benzene rings is 1. The van der Waals surface area contributed by atoms with E-state index in [0.717, 1.165) is 32.1 Å². The maximum absolute atomic E-state index is 13.8. The van der Waals surface area contributed by atoms with Gasteiger partial charge in [-0.1, -0.05) is 64.5 Å². The molecule has 0 unspecified atom stereocenters. The summed E-state index contributed by atoms with van der Waals surface area (Å²) in [6.07, 6.45) is 12.5. The van der Waals surface area contributed by atoms with Gasteiger partial charge in [-0.2, -0.15) is 0 Å². The van der Waals surface area contributed by atoms with Crippen LogP contribution in [0.4, 0.5) is 0 Å². The summed E-state index contributed by atoms with van der Waals surface area (Å²) in [4.78, 5) is 28.7. The van der Waals surface area contributed by atoms with Crippen molar-refractivity contribution in [2.45, 2.75) is 96.6 Å². The Kier molecular flexibility index (Phi) is 8.14. The Labute approximate surface area is 176 Å². The summed E-state index contributed by atoms with van der Waals surface area (Å²) in [5.41, 5.74) is 0.927. The molecule has 1 amide bonds. The van der Waals surface area contributed by atoms with Crippen molar-refractivity contribution in [2.24, 2.45) is 5.92 Å². The van der Waals surface area contributed by atoms with Crippen molar-refractivity contribution in [1.29, 1.82) is 0 Å². The van der Waals surface area contributed by atoms with E-state index in [1.165, 1.54) is 38.5 Å². The average Bonchev–Trinajstić information content (AvgIpc) is 2.75. The lowest BCUT2D eigenvalue weighted by molar-refractivity contribution is 0.0420. The van der Waals surface area contributed by atoms with Gasteiger partial charge in [-0.15, -0.1) is 0 Å². The van der Waals surface area contributed by atoms with Crippen LogP contribution in [-0.4, -0.2) is 35.5 Å². The molecule has 3 rings (SSSR count). The van der Waals surface area contributed by atoms with Crippen LogP contribution in [0.25, 0.3) is 0 Å². The van der Waals surface area contributed by atoms with E-state index in [-0.39, 0.29) is 11.9 Å². The third-order valence-electron chi connectivity index (χ3n) is 6.48. The van der Waals surface area contributed by atoms with Crippen LogP contribution in [0.1, 0.15) is 105 Å². The van der Waals surface area contributed by atoms with Gasteiger partial charge >= 0.3 is 5.97 Å². The van der Waals surface area contributed by atoms with Crippen molar-refractivity contribution >= 4 is 11.9 Å². The summed E-state index contributed by atoms with van der Waals surface area (Å²) >= 11 is 0. The Morgan fingerprint density at radius 1 is 0.897 bits per heavy atom. The number of ether oxygens (including phenoxy) is 1. The first-order valence-electron chi connectivity index (χ1n) is 11.7. The van der Waals surface area contributed by atoms with Crippen molar-refractivity contribution in [2.75, 3.05) is 6.61 Å². The van der Waals surface area contributed by atoms with Gasteiger partial charge in [0.25, 0.3) is 5.91 Å². The van der Waals surface area contributed by atoms with Crippen LogP contribution in [0, 0.1) is 5.92 Å². The molecular weight excluding hydrogens is 362 g/mol. The van der Waals surface area contributed by atoms with E-state index >= 15 is 0 Å². The first-order chi connectivity index (χ1) is 14.1. The molecule has 0 spiro atoms. The molecule has 4 nitrogen and oxygen atoms in total. The van der Waals surface area contributed by atoms with E-state index in [4.69, 9.17) is 4.74 Å². The monoisotopic (exact) mass is 399 g/mol. The second kappa shape index (κ2) is 10.8. The molecule has 0 radical (unpaired) electrons. The highest BCUT2D eigenvalue weighted by Crippen LogP contribution is 2.32. The standard InChI is InChI=1S/C25H37NO3/c1-19(2)17-18-29-25(28)23-16-10-9-15-22(23)24(27)26(20-11-5-3-6-12-20)21-13-7-4-8-14-21/h9-10,15-16,19-21H,3-8,11-14,17-18H2,1-2H3. The molecule has 4 heteroatoms. The third kappa shape index (κ3) is 5.83. The molecule has 0 aromatic heterocycles. The molecule has 2 saturated carbocycles. The number of carbonyl (C=O) groups is 2. The molecule has 0 saturated heterocycles. The van der Waals surface area contributed by atoms with Gasteiger partial charge in [0, 0.05) is 12.1 Å². The molecule has 0 N–H and O–H groups in total. The fourth-order valence-corrected chi connectivity index (χ4v) is 4.80. The smallest absolute Gasteiger partial charge is 0.338 e. The van der Waals surface area contributed by atoms with Crippen LogP contribution in [0.5, 0.6) is 0 Å². The fourth-order valence-electron chi connectivity index (χ4n) is 4.80. The quantitative estimate of drug-likeness (QED) is 0.529. The predicted molar refractivity (Wildman–Crippen MR) is 116 cm³/mol. The van der Waals surface area contributed by atoms with E-state index in [9.17, 15) is 9.59 Å². The number of nitrogens with zero attached hydrogens (tertiary/aromatic N) is 1. The molecule has 160 valence electrons. The van der Waals surface area contributed by atoms with Crippen LogP contribution in [-0.2, 0) is 4.74 Å². The normalized spacial score (nSPS) is 18.6. The highest BCUT2D eigenvalue weighted by atomic mass is 16.5. The van der Waals surface area contributed by atoms with Crippen LogP contribution in [0.15, 0.2) is 24.3 Å². The van der Waals surface area contributed by atoms with Gasteiger partial charge in [0.1, 0.15) is 0 Å². The number of amides is 1. The van der Waals surface area contributed by atoms with Crippen LogP contribution in [0.2, 0.25) is 0 Å². The largest absolute Gasteiger partial charge is 0.462 e. The number of hydrogen-bond acceptors (Lipinski definition) is 3. The highest BCUT2D eigenvalue weighted by Gasteiger charge is 2.34. The Morgan fingerprint density at radius 3 is 1.93 bits per heavy atom. The molecule has 0 heterocycles. The Hall–Kier alpha value is -1.84. The zero-order valence-corrected chi connectivity index (χ0v) is 18.2. The lowest BCUT2D eigenvalue weighted by Gasteiger charge is -2.42. The van der Waals surface area contributed by atoms with Gasteiger partial charge in [0.15, 0.2) is 0 Å². The molecule has 0 atom stereocenters. The zero-order valence-electron chi connectivity index (χ0n) is 18.2. The minimum Gasteiger partial charge on any atom is -0.462 e. The Balaban J connectivity index is 1.82. The molecule has 2 fully saturated rings. The van der Waals surface area contributed by atoms with Crippen molar-refractivity contribution < 1.29 is 14.3 Å². The summed E-state index contributed by atoms with van der Waals surface area (Å²) in [7, 11) is 0. The summed E-state index contributed by atoms with van der Waals surface area (Å²) in [6.45, 7) is 4.61. The molecular formula is C25H37NO3. The van der Waals surface area contributed by atoms with Crippen molar-refractivity contribution in [1.82, 2.24) is 4.90 Å². The number of carbonyl (C=O) groups excluding carboxylic acids is 2. The maximum atomic E-state index is 13.8. The molecule has 29 heavy (non-hydrogen) atoms. The lowest BCUT2D eigenvalue weighted by atomic mass is 9.87. The average molecular weight is 400 g/mol. The van der Waals surface area contributed by atoms with E-state index in [1.807, 2.05) is 12.1 Å². The van der Waals surface area contributed by atoms with Gasteiger partial charge in [-0.3, -0.25) is 4.79 Å². The van der Waals surface area contributed by atoms with E-state index < -0.39 is 0 Å². The van der Waals surface area contributed by atoms with Crippen molar-refractivity contribution in [3.63, 3.8) is 0 Å². The minimum atomic E-state index is -0.373. The molecule has 0 aliphatic heterocycles. The number of esters is 1. The molecule has 1 aromatic rings. The molecule has 2 aliphatic rings. The molecule has 0 bridgehead atoms. The first-order valence-corrected chi connectivity index (χ1v) is 11.7. The van der Waals surface area contributed by atoms with Gasteiger partial charge in [-0.05, 0) is 50.2 Å². The summed E-state index contributed by atoms with van der Waals surface area (Å²) in [5, 5.41) is 0. The maximum Gasteiger partial charge on any atom is 0.338 e. The lowest BCUT2D eigenvalue weighted by Crippen LogP contribution is -2.49. The molecule has 1 aromatic carbocycles. The highest BCUT2D eigenvalue weighted by molar-refractivity contribution is 6.05. The van der Waals surface area contributed by atoms with Crippen molar-refractivity contribution in [3.05, 3.63) is 35.4 Å². The third-order valence-corrected chi connectivity index (χ3v) is 6.48. The number of hydrogen-bond donors (Lipinski definition) is 0. The van der Waals surface area contributed by atoms with Crippen LogP contribution >= 0.6 is 0 Å². The fraction of sp³-hybridized carbons (Fsp3) is 0.680. The summed E-state index contributed by atoms with van der Waals surface area (Å²) in [5.74, 6) is 0.134. The predicted octanol–water partition coefficient (Wildman–Crippen LogP) is 6.00. The Morgan fingerprint density at radius 2 is 1.41 bits per heavy atom. The first kappa shape index (κ1) is 21.9. The second-order valence-electron chi connectivity index (χ2n) is 9.16. The summed E-state index contributed by atoms with van der Waals surface area (Å²) in [6, 6.07) is 7.85. The van der Waals surface area contributed by atoms with Gasteiger partial charge in [-0.25, -0.2) is 4.79 Å². The second-order valence-corrected chi connectivity index (χ2v) is 9.16. The summed E-state index contributed by atoms with van der Waals surface area (Å²) < 4.78 is 5.49. The van der Waals surface area contributed by atoms with E-state index in [1.54, 1.807) is 12.1 Å². The van der Waals surface area contributed by atoms with E-state index in [2.05, 4.69) is 18.7 Å². The SMILES string of the molecule is CC(C)CCOC(=O)c1ccccc1C(=O)N(C1CCCCC1)C1CCCCC1. The van der Waals surface area contributed by atoms with Gasteiger partial charge in [0.05, 0.1) is 17.7 Å². The van der Waals surface area contributed by atoms with Crippen LogP contribution < -0.4 is 0 Å². The topological polar surface area (TPSA) is 46.6 Å². The Bertz CT molecular complexity index is 654. The number of rotatable bonds is 7. The minimum absolute atomic E-state index is 0.0280.